The summed E-state index contributed by atoms with van der Waals surface area (Å²) in [6.07, 6.45) is 1.63. The molecule has 11 heteroatoms. The van der Waals surface area contributed by atoms with Gasteiger partial charge in [-0.1, -0.05) is 65.7 Å². The van der Waals surface area contributed by atoms with Gasteiger partial charge in [-0.3, -0.25) is 5.32 Å². The second-order valence-corrected chi connectivity index (χ2v) is 10.6. The average Bonchev–Trinajstić information content (AvgIpc) is 3.63. The molecule has 0 saturated carbocycles. The summed E-state index contributed by atoms with van der Waals surface area (Å²) in [7, 11) is 0. The summed E-state index contributed by atoms with van der Waals surface area (Å²) >= 11 is 12.8. The Kier molecular flexibility index (Phi) is 8.96. The van der Waals surface area contributed by atoms with Gasteiger partial charge in [0, 0.05) is 41.6 Å². The third-order valence-corrected chi connectivity index (χ3v) is 7.44. The van der Waals surface area contributed by atoms with Crippen LogP contribution in [-0.2, 0) is 13.0 Å². The van der Waals surface area contributed by atoms with Gasteiger partial charge in [-0.25, -0.2) is 14.6 Å². The van der Waals surface area contributed by atoms with Crippen LogP contribution in [0.3, 0.4) is 0 Å². The summed E-state index contributed by atoms with van der Waals surface area (Å²) < 4.78 is 0. The molecule has 3 amide bonds. The second-order valence-electron chi connectivity index (χ2n) is 9.83. The molecule has 1 saturated heterocycles. The highest BCUT2D eigenvalue weighted by molar-refractivity contribution is 6.32. The zero-order chi connectivity index (χ0) is 28.8. The highest BCUT2D eigenvalue weighted by Crippen LogP contribution is 2.30. The van der Waals surface area contributed by atoms with E-state index < -0.39 is 12.1 Å². The van der Waals surface area contributed by atoms with Gasteiger partial charge >= 0.3 is 12.1 Å². The fourth-order valence-electron chi connectivity index (χ4n) is 4.97. The van der Waals surface area contributed by atoms with Crippen molar-refractivity contribution in [3.63, 3.8) is 0 Å². The van der Waals surface area contributed by atoms with Crippen molar-refractivity contribution in [1.82, 2.24) is 20.6 Å². The first-order chi connectivity index (χ1) is 19.9. The predicted octanol–water partition coefficient (Wildman–Crippen LogP) is 6.86. The largest absolute Gasteiger partial charge is 0.465 e. The van der Waals surface area contributed by atoms with E-state index in [0.29, 0.717) is 45.9 Å². The molecule has 5 rings (SSSR count). The van der Waals surface area contributed by atoms with E-state index in [1.165, 1.54) is 0 Å². The molecule has 212 valence electrons. The summed E-state index contributed by atoms with van der Waals surface area (Å²) in [6, 6.07) is 21.4. The number of benzene rings is 3. The molecule has 41 heavy (non-hydrogen) atoms. The fourth-order valence-corrected chi connectivity index (χ4v) is 5.42. The van der Waals surface area contributed by atoms with Crippen LogP contribution < -0.4 is 20.9 Å². The topological polar surface area (TPSA) is 122 Å². The summed E-state index contributed by atoms with van der Waals surface area (Å²) in [4.78, 5) is 34.3. The average molecular weight is 594 g/mol. The van der Waals surface area contributed by atoms with E-state index >= 15 is 0 Å². The Labute approximate surface area is 247 Å². The van der Waals surface area contributed by atoms with Gasteiger partial charge in [0.25, 0.3) is 0 Å². The molecule has 0 radical (unpaired) electrons. The molecule has 3 aromatic carbocycles. The van der Waals surface area contributed by atoms with Crippen molar-refractivity contribution in [3.8, 4) is 11.3 Å². The Morgan fingerprint density at radius 2 is 1.73 bits per heavy atom. The van der Waals surface area contributed by atoms with Crippen LogP contribution in [-0.4, -0.2) is 40.3 Å². The lowest BCUT2D eigenvalue weighted by Gasteiger charge is -2.22. The van der Waals surface area contributed by atoms with Crippen LogP contribution in [0.1, 0.15) is 35.8 Å². The molecule has 2 heterocycles. The molecule has 4 aromatic rings. The SMILES string of the molecule is O=C(O)Nc1ccc(-c2nc(C(Cc3ccccc3)NC(=O)NCc3cc(Cl)ccc3N3CCCC3)[nH]c2Cl)cc1. The van der Waals surface area contributed by atoms with Crippen molar-refractivity contribution in [3.05, 3.63) is 99.9 Å². The van der Waals surface area contributed by atoms with E-state index in [1.54, 1.807) is 24.3 Å². The minimum Gasteiger partial charge on any atom is -0.465 e. The van der Waals surface area contributed by atoms with Gasteiger partial charge in [-0.15, -0.1) is 0 Å². The summed E-state index contributed by atoms with van der Waals surface area (Å²) in [5.74, 6) is 0.497. The van der Waals surface area contributed by atoms with E-state index in [2.05, 4.69) is 25.8 Å². The van der Waals surface area contributed by atoms with Gasteiger partial charge in [-0.2, -0.15) is 0 Å². The molecule has 0 aliphatic carbocycles. The summed E-state index contributed by atoms with van der Waals surface area (Å²) in [5.41, 5.74) is 4.69. The number of anilines is 2. The van der Waals surface area contributed by atoms with Crippen molar-refractivity contribution in [2.24, 2.45) is 0 Å². The smallest absolute Gasteiger partial charge is 0.409 e. The zero-order valence-corrected chi connectivity index (χ0v) is 23.7. The van der Waals surface area contributed by atoms with E-state index in [0.717, 1.165) is 42.7 Å². The van der Waals surface area contributed by atoms with Crippen LogP contribution in [0, 0.1) is 0 Å². The third-order valence-electron chi connectivity index (χ3n) is 6.93. The van der Waals surface area contributed by atoms with Gasteiger partial charge in [0.15, 0.2) is 0 Å². The molecule has 1 unspecified atom stereocenters. The van der Waals surface area contributed by atoms with E-state index in [-0.39, 0.29) is 6.03 Å². The molecule has 5 N–H and O–H groups in total. The first-order valence-electron chi connectivity index (χ1n) is 13.3. The number of nitrogens with one attached hydrogen (secondary N) is 4. The lowest BCUT2D eigenvalue weighted by atomic mass is 10.1. The van der Waals surface area contributed by atoms with Crippen molar-refractivity contribution >= 4 is 46.7 Å². The Hall–Kier alpha value is -4.21. The molecular weight excluding hydrogens is 563 g/mol. The van der Waals surface area contributed by atoms with Crippen molar-refractivity contribution < 1.29 is 14.7 Å². The molecule has 1 aliphatic rings. The van der Waals surface area contributed by atoms with Gasteiger partial charge in [0.2, 0.25) is 0 Å². The minimum absolute atomic E-state index is 0.313. The van der Waals surface area contributed by atoms with Crippen molar-refractivity contribution in [1.29, 1.82) is 0 Å². The minimum atomic E-state index is -1.14. The van der Waals surface area contributed by atoms with Gasteiger partial charge in [-0.05, 0) is 60.7 Å². The maximum Gasteiger partial charge on any atom is 0.409 e. The number of amides is 3. The number of carboxylic acid groups (broad SMARTS) is 1. The quantitative estimate of drug-likeness (QED) is 0.145. The number of nitrogens with zero attached hydrogens (tertiary/aromatic N) is 2. The number of imidazole rings is 1. The first kappa shape index (κ1) is 28.3. The maximum absolute atomic E-state index is 13.2. The van der Waals surface area contributed by atoms with Crippen LogP contribution in [0.2, 0.25) is 10.2 Å². The lowest BCUT2D eigenvalue weighted by Crippen LogP contribution is -2.39. The van der Waals surface area contributed by atoms with Crippen molar-refractivity contribution in [2.75, 3.05) is 23.3 Å². The maximum atomic E-state index is 13.2. The number of H-pyrrole nitrogens is 1. The normalized spacial score (nSPS) is 13.6. The number of hydrogen-bond acceptors (Lipinski definition) is 4. The molecule has 0 spiro atoms. The van der Waals surface area contributed by atoms with Gasteiger partial charge < -0.3 is 25.6 Å². The first-order valence-corrected chi connectivity index (χ1v) is 14.1. The van der Waals surface area contributed by atoms with Crippen LogP contribution in [0.25, 0.3) is 11.3 Å². The van der Waals surface area contributed by atoms with Crippen LogP contribution in [0.4, 0.5) is 21.0 Å². The predicted molar refractivity (Wildman–Crippen MR) is 162 cm³/mol. The number of carbonyl (C=O) groups excluding carboxylic acids is 1. The number of halogens is 2. The highest BCUT2D eigenvalue weighted by Gasteiger charge is 2.22. The number of hydrogen-bond donors (Lipinski definition) is 5. The van der Waals surface area contributed by atoms with E-state index in [1.807, 2.05) is 48.5 Å². The van der Waals surface area contributed by atoms with Gasteiger partial charge in [0.1, 0.15) is 16.7 Å². The standard InChI is InChI=1S/C30H30Cl2N6O3/c31-22-10-13-25(38-14-4-5-15-38)21(17-22)18-33-29(39)35-24(16-19-6-2-1-3-7-19)28-36-26(27(32)37-28)20-8-11-23(12-9-20)34-30(40)41/h1-3,6-13,17,24,34H,4-5,14-16,18H2,(H,36,37)(H,40,41)(H2,33,35,39). The lowest BCUT2D eigenvalue weighted by molar-refractivity contribution is 0.209. The summed E-state index contributed by atoms with van der Waals surface area (Å²) in [6.45, 7) is 2.29. The Bertz CT molecular complexity index is 1500. The molecule has 1 fully saturated rings. The number of carbonyl (C=O) groups is 2. The third kappa shape index (κ3) is 7.31. The van der Waals surface area contributed by atoms with Gasteiger partial charge in [0.05, 0.1) is 6.04 Å². The molecule has 1 aromatic heterocycles. The molecular formula is C30H30Cl2N6O3. The zero-order valence-electron chi connectivity index (χ0n) is 22.2. The van der Waals surface area contributed by atoms with Crippen LogP contribution >= 0.6 is 23.2 Å². The number of rotatable bonds is 9. The molecule has 0 bridgehead atoms. The van der Waals surface area contributed by atoms with Crippen LogP contribution in [0.5, 0.6) is 0 Å². The number of aromatic amines is 1. The Morgan fingerprint density at radius 1 is 1.00 bits per heavy atom. The molecule has 9 nitrogen and oxygen atoms in total. The van der Waals surface area contributed by atoms with Crippen molar-refractivity contribution in [2.45, 2.75) is 31.8 Å². The highest BCUT2D eigenvalue weighted by atomic mass is 35.5. The molecule has 1 atom stereocenters. The molecule has 1 aliphatic heterocycles. The number of aromatic nitrogens is 2. The fraction of sp³-hybridized carbons (Fsp3) is 0.233. The van der Waals surface area contributed by atoms with E-state index in [4.69, 9.17) is 33.3 Å². The Balaban J connectivity index is 1.34. The second kappa shape index (κ2) is 13.0. The van der Waals surface area contributed by atoms with Crippen LogP contribution in [0.15, 0.2) is 72.8 Å². The summed E-state index contributed by atoms with van der Waals surface area (Å²) in [5, 5.41) is 18.2. The monoisotopic (exact) mass is 592 g/mol. The Morgan fingerprint density at radius 3 is 2.44 bits per heavy atom. The van der Waals surface area contributed by atoms with E-state index in [9.17, 15) is 9.59 Å². The number of urea groups is 1.